The van der Waals surface area contributed by atoms with Crippen molar-refractivity contribution in [2.45, 2.75) is 26.4 Å². The number of ether oxygens (including phenoxy) is 1. The highest BCUT2D eigenvalue weighted by molar-refractivity contribution is 6.31. The van der Waals surface area contributed by atoms with Gasteiger partial charge >= 0.3 is 5.97 Å². The van der Waals surface area contributed by atoms with Gasteiger partial charge in [0.15, 0.2) is 0 Å². The third-order valence-electron chi connectivity index (χ3n) is 3.68. The molecule has 0 radical (unpaired) electrons. The highest BCUT2D eigenvalue weighted by Gasteiger charge is 2.21. The number of benzene rings is 1. The number of hydrogen-bond donors (Lipinski definition) is 1. The van der Waals surface area contributed by atoms with Crippen LogP contribution < -0.4 is 5.32 Å². The highest BCUT2D eigenvalue weighted by Crippen LogP contribution is 2.30. The summed E-state index contributed by atoms with van der Waals surface area (Å²) in [5.74, 6) is -0.203. The minimum atomic E-state index is -0.203. The summed E-state index contributed by atoms with van der Waals surface area (Å²) in [7, 11) is 0. The third kappa shape index (κ3) is 2.30. The lowest BCUT2D eigenvalue weighted by Crippen LogP contribution is -2.25. The summed E-state index contributed by atoms with van der Waals surface area (Å²) in [6, 6.07) is 5.85. The Balaban J connectivity index is 2.12. The van der Waals surface area contributed by atoms with Gasteiger partial charge in [-0.2, -0.15) is 0 Å². The van der Waals surface area contributed by atoms with Crippen LogP contribution in [0.3, 0.4) is 0 Å². The fourth-order valence-corrected chi connectivity index (χ4v) is 3.03. The first kappa shape index (κ1) is 13.5. The van der Waals surface area contributed by atoms with Crippen LogP contribution >= 0.6 is 11.6 Å². The molecule has 0 amide bonds. The molecule has 1 aliphatic heterocycles. The van der Waals surface area contributed by atoms with Gasteiger partial charge < -0.3 is 14.6 Å². The van der Waals surface area contributed by atoms with Gasteiger partial charge in [0.2, 0.25) is 0 Å². The molecule has 5 heteroatoms. The van der Waals surface area contributed by atoms with E-state index in [4.69, 9.17) is 16.3 Å². The zero-order valence-corrected chi connectivity index (χ0v) is 12.2. The van der Waals surface area contributed by atoms with E-state index in [0.717, 1.165) is 25.0 Å². The Morgan fingerprint density at radius 1 is 1.50 bits per heavy atom. The molecule has 2 heterocycles. The predicted octanol–water partition coefficient (Wildman–Crippen LogP) is 2.50. The Morgan fingerprint density at radius 2 is 2.35 bits per heavy atom. The lowest BCUT2D eigenvalue weighted by Gasteiger charge is -2.16. The lowest BCUT2D eigenvalue weighted by molar-refractivity contribution is -0.143. The molecule has 0 aliphatic carbocycles. The van der Waals surface area contributed by atoms with Crippen molar-refractivity contribution in [1.82, 2.24) is 9.88 Å². The van der Waals surface area contributed by atoms with Crippen LogP contribution in [0, 0.1) is 0 Å². The number of esters is 1. The quantitative estimate of drug-likeness (QED) is 0.884. The summed E-state index contributed by atoms with van der Waals surface area (Å²) in [6.07, 6.45) is 0.918. The minimum Gasteiger partial charge on any atom is -0.465 e. The van der Waals surface area contributed by atoms with Gasteiger partial charge in [-0.25, -0.2) is 0 Å². The number of nitrogens with one attached hydrogen (secondary N) is 1. The predicted molar refractivity (Wildman–Crippen MR) is 79.0 cm³/mol. The molecular weight excluding hydrogens is 276 g/mol. The fourth-order valence-electron chi connectivity index (χ4n) is 2.87. The van der Waals surface area contributed by atoms with Crippen LogP contribution in [0.2, 0.25) is 5.02 Å². The topological polar surface area (TPSA) is 43.3 Å². The molecule has 106 valence electrons. The summed E-state index contributed by atoms with van der Waals surface area (Å²) < 4.78 is 7.13. The Labute approximate surface area is 122 Å². The number of halogens is 1. The molecule has 0 saturated carbocycles. The molecule has 0 spiro atoms. The van der Waals surface area contributed by atoms with E-state index in [0.29, 0.717) is 11.6 Å². The van der Waals surface area contributed by atoms with Gasteiger partial charge in [0.05, 0.1) is 12.1 Å². The van der Waals surface area contributed by atoms with Crippen molar-refractivity contribution in [3.8, 4) is 0 Å². The number of fused-ring (bicyclic) bond motifs is 3. The zero-order valence-electron chi connectivity index (χ0n) is 11.4. The van der Waals surface area contributed by atoms with Crippen molar-refractivity contribution in [3.05, 3.63) is 34.5 Å². The Kier molecular flexibility index (Phi) is 3.68. The van der Waals surface area contributed by atoms with Crippen molar-refractivity contribution < 1.29 is 9.53 Å². The molecule has 2 aromatic rings. The normalized spacial score (nSPS) is 14.3. The molecule has 0 saturated heterocycles. The second-order valence-corrected chi connectivity index (χ2v) is 5.34. The molecule has 1 aliphatic rings. The molecule has 1 N–H and O–H groups in total. The summed E-state index contributed by atoms with van der Waals surface area (Å²) in [6.45, 7) is 4.24. The molecule has 20 heavy (non-hydrogen) atoms. The highest BCUT2D eigenvalue weighted by atomic mass is 35.5. The molecule has 1 aromatic heterocycles. The standard InChI is InChI=1S/C15H17ClN2O2/c1-2-20-15(19)9-18-13-5-6-17-8-12(13)11-4-3-10(16)7-14(11)18/h3-4,7,17H,2,5-6,8-9H2,1H3. The lowest BCUT2D eigenvalue weighted by atomic mass is 10.1. The van der Waals surface area contributed by atoms with Gasteiger partial charge in [-0.15, -0.1) is 0 Å². The van der Waals surface area contributed by atoms with Crippen molar-refractivity contribution in [2.75, 3.05) is 13.2 Å². The van der Waals surface area contributed by atoms with Gasteiger partial charge in [-0.3, -0.25) is 4.79 Å². The van der Waals surface area contributed by atoms with Crippen LogP contribution in [-0.2, 0) is 29.0 Å². The van der Waals surface area contributed by atoms with Gasteiger partial charge in [-0.1, -0.05) is 17.7 Å². The average molecular weight is 293 g/mol. The number of carbonyl (C=O) groups is 1. The first-order valence-corrected chi connectivity index (χ1v) is 7.24. The van der Waals surface area contributed by atoms with Crippen LogP contribution in [0.25, 0.3) is 10.9 Å². The number of rotatable bonds is 3. The first-order chi connectivity index (χ1) is 9.70. The molecule has 0 bridgehead atoms. The maximum absolute atomic E-state index is 11.8. The first-order valence-electron chi connectivity index (χ1n) is 6.86. The molecular formula is C15H17ClN2O2. The van der Waals surface area contributed by atoms with E-state index in [1.165, 1.54) is 16.6 Å². The van der Waals surface area contributed by atoms with Crippen LogP contribution in [0.1, 0.15) is 18.2 Å². The summed E-state index contributed by atoms with van der Waals surface area (Å²) in [5.41, 5.74) is 3.50. The number of hydrogen-bond acceptors (Lipinski definition) is 3. The van der Waals surface area contributed by atoms with Crippen molar-refractivity contribution >= 4 is 28.5 Å². The van der Waals surface area contributed by atoms with Crippen LogP contribution in [0.15, 0.2) is 18.2 Å². The molecule has 1 aromatic carbocycles. The Hall–Kier alpha value is -1.52. The van der Waals surface area contributed by atoms with Gasteiger partial charge in [-0.05, 0) is 24.6 Å². The van der Waals surface area contributed by atoms with Crippen molar-refractivity contribution in [1.29, 1.82) is 0 Å². The van der Waals surface area contributed by atoms with Crippen LogP contribution in [0.5, 0.6) is 0 Å². The van der Waals surface area contributed by atoms with Gasteiger partial charge in [0.1, 0.15) is 6.54 Å². The van der Waals surface area contributed by atoms with Gasteiger partial charge in [0.25, 0.3) is 0 Å². The van der Waals surface area contributed by atoms with Crippen molar-refractivity contribution in [2.24, 2.45) is 0 Å². The molecule has 0 fully saturated rings. The van der Waals surface area contributed by atoms with Crippen molar-refractivity contribution in [3.63, 3.8) is 0 Å². The largest absolute Gasteiger partial charge is 0.465 e. The van der Waals surface area contributed by atoms with E-state index >= 15 is 0 Å². The van der Waals surface area contributed by atoms with Crippen LogP contribution in [0.4, 0.5) is 0 Å². The van der Waals surface area contributed by atoms with Gasteiger partial charge in [0, 0.05) is 35.6 Å². The van der Waals surface area contributed by atoms with E-state index in [9.17, 15) is 4.79 Å². The third-order valence-corrected chi connectivity index (χ3v) is 3.92. The SMILES string of the molecule is CCOC(=O)Cn1c2c(c3ccc(Cl)cc31)CNCC2. The summed E-state index contributed by atoms with van der Waals surface area (Å²) in [4.78, 5) is 11.8. The minimum absolute atomic E-state index is 0.203. The summed E-state index contributed by atoms with van der Waals surface area (Å²) in [5, 5.41) is 5.23. The van der Waals surface area contributed by atoms with E-state index in [1.807, 2.05) is 25.1 Å². The Morgan fingerprint density at radius 3 is 3.15 bits per heavy atom. The van der Waals surface area contributed by atoms with Crippen LogP contribution in [-0.4, -0.2) is 23.7 Å². The second kappa shape index (κ2) is 5.46. The second-order valence-electron chi connectivity index (χ2n) is 4.90. The van der Waals surface area contributed by atoms with E-state index in [1.54, 1.807) is 0 Å². The number of nitrogens with zero attached hydrogens (tertiary/aromatic N) is 1. The maximum Gasteiger partial charge on any atom is 0.325 e. The summed E-state index contributed by atoms with van der Waals surface area (Å²) >= 11 is 6.11. The smallest absolute Gasteiger partial charge is 0.325 e. The van der Waals surface area contributed by atoms with E-state index in [2.05, 4.69) is 9.88 Å². The average Bonchev–Trinajstić information content (AvgIpc) is 2.73. The monoisotopic (exact) mass is 292 g/mol. The number of carbonyl (C=O) groups excluding carboxylic acids is 1. The molecule has 0 unspecified atom stereocenters. The molecule has 0 atom stereocenters. The van der Waals surface area contributed by atoms with E-state index < -0.39 is 0 Å². The molecule has 4 nitrogen and oxygen atoms in total. The maximum atomic E-state index is 11.8. The molecule has 3 rings (SSSR count). The number of aromatic nitrogens is 1. The van der Waals surface area contributed by atoms with E-state index in [-0.39, 0.29) is 12.5 Å². The zero-order chi connectivity index (χ0) is 14.1. The fraction of sp³-hybridized carbons (Fsp3) is 0.400. The Bertz CT molecular complexity index is 663.